The normalized spacial score (nSPS) is 25.7. The van der Waals surface area contributed by atoms with Crippen LogP contribution in [-0.4, -0.2) is 36.9 Å². The number of aromatic nitrogens is 1. The number of hydrogen-bond donors (Lipinski definition) is 0. The van der Waals surface area contributed by atoms with E-state index >= 15 is 0 Å². The highest BCUT2D eigenvalue weighted by molar-refractivity contribution is 5.89. The van der Waals surface area contributed by atoms with Crippen molar-refractivity contribution in [3.63, 3.8) is 0 Å². The van der Waals surface area contributed by atoms with E-state index in [9.17, 15) is 4.79 Å². The highest BCUT2D eigenvalue weighted by Crippen LogP contribution is 2.54. The lowest BCUT2D eigenvalue weighted by molar-refractivity contribution is -0.205. The summed E-state index contributed by atoms with van der Waals surface area (Å²) in [6.07, 6.45) is 8.37. The van der Waals surface area contributed by atoms with Crippen molar-refractivity contribution in [1.29, 1.82) is 0 Å². The van der Waals surface area contributed by atoms with Gasteiger partial charge in [-0.1, -0.05) is 19.3 Å². The average molecular weight is 319 g/mol. The van der Waals surface area contributed by atoms with Gasteiger partial charge in [0.05, 0.1) is 18.8 Å². The van der Waals surface area contributed by atoms with Crippen LogP contribution in [-0.2, 0) is 9.47 Å². The molecule has 2 aliphatic rings. The molecule has 2 aliphatic carbocycles. The van der Waals surface area contributed by atoms with Crippen molar-refractivity contribution >= 4 is 5.97 Å². The van der Waals surface area contributed by atoms with E-state index in [1.54, 1.807) is 19.2 Å². The Balaban J connectivity index is 1.67. The van der Waals surface area contributed by atoms with Crippen LogP contribution in [0.25, 0.3) is 0 Å². The molecule has 126 valence electrons. The highest BCUT2D eigenvalue weighted by atomic mass is 16.6. The second-order valence-corrected chi connectivity index (χ2v) is 6.46. The first-order chi connectivity index (χ1) is 11.2. The van der Waals surface area contributed by atoms with E-state index in [0.29, 0.717) is 11.4 Å². The molecule has 1 heterocycles. The van der Waals surface area contributed by atoms with Crippen LogP contribution in [0.15, 0.2) is 18.3 Å². The van der Waals surface area contributed by atoms with Crippen LogP contribution in [0.5, 0.6) is 5.88 Å². The largest absolute Gasteiger partial charge is 0.481 e. The first kappa shape index (κ1) is 16.2. The second-order valence-electron chi connectivity index (χ2n) is 6.46. The zero-order valence-electron chi connectivity index (χ0n) is 13.9. The van der Waals surface area contributed by atoms with E-state index in [0.717, 1.165) is 25.9 Å². The fourth-order valence-corrected chi connectivity index (χ4v) is 3.98. The van der Waals surface area contributed by atoms with E-state index in [4.69, 9.17) is 14.2 Å². The summed E-state index contributed by atoms with van der Waals surface area (Å²) in [5, 5.41) is 0. The van der Waals surface area contributed by atoms with E-state index in [2.05, 4.69) is 4.98 Å². The van der Waals surface area contributed by atoms with Gasteiger partial charge < -0.3 is 14.2 Å². The van der Waals surface area contributed by atoms with Crippen LogP contribution in [0, 0.1) is 5.41 Å². The van der Waals surface area contributed by atoms with Gasteiger partial charge in [-0.25, -0.2) is 9.78 Å². The van der Waals surface area contributed by atoms with Crippen LogP contribution < -0.4 is 4.74 Å². The van der Waals surface area contributed by atoms with Crippen molar-refractivity contribution in [1.82, 2.24) is 4.98 Å². The maximum atomic E-state index is 12.4. The average Bonchev–Trinajstić information content (AvgIpc) is 2.61. The molecule has 0 bridgehead atoms. The van der Waals surface area contributed by atoms with E-state index in [-0.39, 0.29) is 23.6 Å². The summed E-state index contributed by atoms with van der Waals surface area (Å²) in [6.45, 7) is 2.74. The van der Waals surface area contributed by atoms with Gasteiger partial charge in [-0.15, -0.1) is 0 Å². The van der Waals surface area contributed by atoms with Gasteiger partial charge in [-0.3, -0.25) is 0 Å². The summed E-state index contributed by atoms with van der Waals surface area (Å²) in [4.78, 5) is 16.5. The predicted molar refractivity (Wildman–Crippen MR) is 85.5 cm³/mol. The first-order valence-corrected chi connectivity index (χ1v) is 8.52. The van der Waals surface area contributed by atoms with Gasteiger partial charge in [0.1, 0.15) is 6.10 Å². The summed E-state index contributed by atoms with van der Waals surface area (Å²) in [5.41, 5.74) is 0.501. The molecular formula is C18H25NO4. The summed E-state index contributed by atoms with van der Waals surface area (Å²) in [7, 11) is 1.55. The van der Waals surface area contributed by atoms with E-state index < -0.39 is 0 Å². The lowest BCUT2D eigenvalue weighted by Gasteiger charge is -2.56. The number of rotatable bonds is 5. The molecule has 23 heavy (non-hydrogen) atoms. The Morgan fingerprint density at radius 2 is 2.04 bits per heavy atom. The summed E-state index contributed by atoms with van der Waals surface area (Å²) >= 11 is 0. The number of nitrogens with zero attached hydrogens (tertiary/aromatic N) is 1. The standard InChI is InChI=1S/C18H25NO4/c1-3-22-14-11-15(18(14)9-5-4-6-10-18)23-17(20)13-7-8-16(21-2)19-12-13/h7-8,12,14-15H,3-6,9-11H2,1-2H3. The zero-order valence-corrected chi connectivity index (χ0v) is 13.9. The number of ether oxygens (including phenoxy) is 3. The third kappa shape index (κ3) is 3.07. The zero-order chi connectivity index (χ0) is 16.3. The molecule has 3 rings (SSSR count). The second kappa shape index (κ2) is 6.87. The van der Waals surface area contributed by atoms with Crippen molar-refractivity contribution in [3.05, 3.63) is 23.9 Å². The minimum atomic E-state index is -0.301. The van der Waals surface area contributed by atoms with Gasteiger partial charge >= 0.3 is 5.97 Å². The van der Waals surface area contributed by atoms with Gasteiger partial charge in [0, 0.05) is 30.7 Å². The molecule has 2 fully saturated rings. The Morgan fingerprint density at radius 1 is 1.26 bits per heavy atom. The van der Waals surface area contributed by atoms with Crippen LogP contribution in [0.4, 0.5) is 0 Å². The fraction of sp³-hybridized carbons (Fsp3) is 0.667. The van der Waals surface area contributed by atoms with Gasteiger partial charge in [-0.05, 0) is 25.8 Å². The smallest absolute Gasteiger partial charge is 0.340 e. The molecule has 1 aromatic heterocycles. The summed E-state index contributed by atoms with van der Waals surface area (Å²) in [5.74, 6) is 0.190. The molecule has 0 aliphatic heterocycles. The molecule has 5 nitrogen and oxygen atoms in total. The van der Waals surface area contributed by atoms with Gasteiger partial charge in [0.15, 0.2) is 0 Å². The lowest BCUT2D eigenvalue weighted by atomic mass is 9.56. The Kier molecular flexibility index (Phi) is 4.85. The number of esters is 1. The topological polar surface area (TPSA) is 57.7 Å². The van der Waals surface area contributed by atoms with Crippen molar-refractivity contribution in [3.8, 4) is 5.88 Å². The minimum absolute atomic E-state index is 0.0316. The van der Waals surface area contributed by atoms with Crippen LogP contribution >= 0.6 is 0 Å². The number of pyridine rings is 1. The van der Waals surface area contributed by atoms with Crippen molar-refractivity contribution in [2.75, 3.05) is 13.7 Å². The molecule has 0 N–H and O–H groups in total. The number of methoxy groups -OCH3 is 1. The minimum Gasteiger partial charge on any atom is -0.481 e. The molecule has 0 amide bonds. The number of carbonyl (C=O) groups is 1. The Morgan fingerprint density at radius 3 is 2.65 bits per heavy atom. The summed E-state index contributed by atoms with van der Waals surface area (Å²) < 4.78 is 16.7. The van der Waals surface area contributed by atoms with E-state index in [1.165, 1.54) is 25.5 Å². The molecule has 2 unspecified atom stereocenters. The van der Waals surface area contributed by atoms with Crippen LogP contribution in [0.1, 0.15) is 55.8 Å². The first-order valence-electron chi connectivity index (χ1n) is 8.52. The SMILES string of the molecule is CCOC1CC(OC(=O)c2ccc(OC)nc2)C12CCCCC2. The Hall–Kier alpha value is -1.62. The van der Waals surface area contributed by atoms with Crippen molar-refractivity contribution in [2.45, 2.75) is 57.7 Å². The number of carbonyl (C=O) groups excluding carboxylic acids is 1. The molecule has 1 spiro atoms. The molecule has 0 aromatic carbocycles. The summed E-state index contributed by atoms with van der Waals surface area (Å²) in [6, 6.07) is 3.37. The molecule has 5 heteroatoms. The quantitative estimate of drug-likeness (QED) is 0.779. The van der Waals surface area contributed by atoms with Crippen molar-refractivity contribution in [2.24, 2.45) is 5.41 Å². The lowest BCUT2D eigenvalue weighted by Crippen LogP contribution is -2.60. The van der Waals surface area contributed by atoms with Gasteiger partial charge in [0.2, 0.25) is 5.88 Å². The Labute approximate surface area is 137 Å². The fourth-order valence-electron chi connectivity index (χ4n) is 3.98. The van der Waals surface area contributed by atoms with Gasteiger partial charge in [0.25, 0.3) is 0 Å². The van der Waals surface area contributed by atoms with Crippen molar-refractivity contribution < 1.29 is 19.0 Å². The molecule has 0 saturated heterocycles. The maximum Gasteiger partial charge on any atom is 0.340 e. The third-order valence-electron chi connectivity index (χ3n) is 5.29. The molecule has 2 saturated carbocycles. The molecule has 1 aromatic rings. The maximum absolute atomic E-state index is 12.4. The predicted octanol–water partition coefficient (Wildman–Crippen LogP) is 3.37. The Bertz CT molecular complexity index is 536. The molecule has 0 radical (unpaired) electrons. The molecular weight excluding hydrogens is 294 g/mol. The van der Waals surface area contributed by atoms with Gasteiger partial charge in [-0.2, -0.15) is 0 Å². The monoisotopic (exact) mass is 319 g/mol. The van der Waals surface area contributed by atoms with E-state index in [1.807, 2.05) is 6.92 Å². The van der Waals surface area contributed by atoms with Crippen LogP contribution in [0.2, 0.25) is 0 Å². The highest BCUT2D eigenvalue weighted by Gasteiger charge is 2.57. The third-order valence-corrected chi connectivity index (χ3v) is 5.29. The van der Waals surface area contributed by atoms with Crippen LogP contribution in [0.3, 0.4) is 0 Å². The number of hydrogen-bond acceptors (Lipinski definition) is 5. The molecule has 2 atom stereocenters.